The molecule has 3 fully saturated rings. The summed E-state index contributed by atoms with van der Waals surface area (Å²) in [7, 11) is 0. The Hall–Kier alpha value is -0.0800. The summed E-state index contributed by atoms with van der Waals surface area (Å²) in [5.41, 5.74) is 0.596. The standard InChI is InChI=1S/C19H36N2/c1-2-18-9-5-3-8-14-21(18)16-19(12-6-4-7-13-19)15-20-17-10-11-17/h17-18,20H,2-16H2,1H3. The molecule has 122 valence electrons. The van der Waals surface area contributed by atoms with E-state index in [-0.39, 0.29) is 0 Å². The zero-order valence-corrected chi connectivity index (χ0v) is 14.2. The molecule has 2 aliphatic carbocycles. The van der Waals surface area contributed by atoms with Crippen LogP contribution in [0.15, 0.2) is 0 Å². The maximum absolute atomic E-state index is 3.88. The van der Waals surface area contributed by atoms with Crippen LogP contribution in [0.5, 0.6) is 0 Å². The molecule has 1 aliphatic heterocycles. The first-order valence-corrected chi connectivity index (χ1v) is 9.79. The van der Waals surface area contributed by atoms with Gasteiger partial charge in [0.15, 0.2) is 0 Å². The summed E-state index contributed by atoms with van der Waals surface area (Å²) in [5.74, 6) is 0. The van der Waals surface area contributed by atoms with Crippen molar-refractivity contribution in [2.24, 2.45) is 5.41 Å². The molecule has 1 N–H and O–H groups in total. The van der Waals surface area contributed by atoms with Gasteiger partial charge in [0.2, 0.25) is 0 Å². The Morgan fingerprint density at radius 2 is 1.71 bits per heavy atom. The Balaban J connectivity index is 1.63. The van der Waals surface area contributed by atoms with E-state index in [2.05, 4.69) is 17.1 Å². The van der Waals surface area contributed by atoms with Gasteiger partial charge >= 0.3 is 0 Å². The number of likely N-dealkylation sites (tertiary alicyclic amines) is 1. The average molecular weight is 293 g/mol. The zero-order valence-electron chi connectivity index (χ0n) is 14.2. The van der Waals surface area contributed by atoms with Gasteiger partial charge in [-0.25, -0.2) is 0 Å². The highest BCUT2D eigenvalue weighted by molar-refractivity contribution is 4.92. The normalized spacial score (nSPS) is 31.0. The molecule has 0 amide bonds. The highest BCUT2D eigenvalue weighted by atomic mass is 15.2. The lowest BCUT2D eigenvalue weighted by Crippen LogP contribution is -2.48. The molecule has 0 radical (unpaired) electrons. The van der Waals surface area contributed by atoms with E-state index in [0.29, 0.717) is 5.41 Å². The van der Waals surface area contributed by atoms with E-state index in [4.69, 9.17) is 0 Å². The molecule has 2 heteroatoms. The fraction of sp³-hybridized carbons (Fsp3) is 1.00. The third-order valence-corrected chi connectivity index (χ3v) is 6.27. The summed E-state index contributed by atoms with van der Waals surface area (Å²) in [4.78, 5) is 2.90. The predicted octanol–water partition coefficient (Wildman–Crippen LogP) is 4.34. The Morgan fingerprint density at radius 3 is 2.43 bits per heavy atom. The molecule has 3 rings (SSSR count). The molecule has 1 saturated heterocycles. The van der Waals surface area contributed by atoms with E-state index < -0.39 is 0 Å². The van der Waals surface area contributed by atoms with Crippen LogP contribution in [0.1, 0.15) is 84.0 Å². The molecule has 0 aromatic heterocycles. The summed E-state index contributed by atoms with van der Waals surface area (Å²) in [5, 5.41) is 3.88. The second-order valence-electron chi connectivity index (χ2n) is 8.10. The summed E-state index contributed by atoms with van der Waals surface area (Å²) >= 11 is 0. The lowest BCUT2D eigenvalue weighted by atomic mass is 9.73. The number of hydrogen-bond donors (Lipinski definition) is 1. The number of rotatable bonds is 6. The Kier molecular flexibility index (Phi) is 5.61. The van der Waals surface area contributed by atoms with Gasteiger partial charge in [-0.15, -0.1) is 0 Å². The maximum Gasteiger partial charge on any atom is 0.00928 e. The first-order chi connectivity index (χ1) is 10.3. The summed E-state index contributed by atoms with van der Waals surface area (Å²) < 4.78 is 0. The molecule has 0 bridgehead atoms. The van der Waals surface area contributed by atoms with Gasteiger partial charge in [0, 0.05) is 25.2 Å². The molecule has 2 nitrogen and oxygen atoms in total. The van der Waals surface area contributed by atoms with Crippen LogP contribution in [-0.2, 0) is 0 Å². The number of nitrogens with one attached hydrogen (secondary N) is 1. The van der Waals surface area contributed by atoms with Crippen LogP contribution in [0.3, 0.4) is 0 Å². The molecule has 1 unspecified atom stereocenters. The second kappa shape index (κ2) is 7.46. The van der Waals surface area contributed by atoms with Gasteiger partial charge in [-0.05, 0) is 56.9 Å². The highest BCUT2D eigenvalue weighted by Gasteiger charge is 2.37. The summed E-state index contributed by atoms with van der Waals surface area (Å²) in [6.07, 6.45) is 17.4. The van der Waals surface area contributed by atoms with Gasteiger partial charge in [-0.3, -0.25) is 4.90 Å². The highest BCUT2D eigenvalue weighted by Crippen LogP contribution is 2.38. The quantitative estimate of drug-likeness (QED) is 0.783. The van der Waals surface area contributed by atoms with Crippen LogP contribution in [0.2, 0.25) is 0 Å². The molecular weight excluding hydrogens is 256 g/mol. The molecule has 3 aliphatic rings. The van der Waals surface area contributed by atoms with Crippen LogP contribution in [-0.4, -0.2) is 36.6 Å². The van der Waals surface area contributed by atoms with E-state index in [1.54, 1.807) is 0 Å². The first-order valence-electron chi connectivity index (χ1n) is 9.79. The van der Waals surface area contributed by atoms with Crippen LogP contribution in [0.25, 0.3) is 0 Å². The molecule has 21 heavy (non-hydrogen) atoms. The van der Waals surface area contributed by atoms with Crippen LogP contribution in [0, 0.1) is 5.41 Å². The summed E-state index contributed by atoms with van der Waals surface area (Å²) in [6, 6.07) is 1.74. The van der Waals surface area contributed by atoms with Gasteiger partial charge in [0.05, 0.1) is 0 Å². The Labute approximate surface area is 132 Å². The molecule has 1 heterocycles. The van der Waals surface area contributed by atoms with Crippen molar-refractivity contribution < 1.29 is 0 Å². The van der Waals surface area contributed by atoms with Crippen molar-refractivity contribution in [3.8, 4) is 0 Å². The minimum Gasteiger partial charge on any atom is -0.313 e. The van der Waals surface area contributed by atoms with Gasteiger partial charge in [0.25, 0.3) is 0 Å². The largest absolute Gasteiger partial charge is 0.313 e. The third kappa shape index (κ3) is 4.45. The van der Waals surface area contributed by atoms with Crippen molar-refractivity contribution in [3.63, 3.8) is 0 Å². The van der Waals surface area contributed by atoms with Crippen LogP contribution < -0.4 is 5.32 Å². The van der Waals surface area contributed by atoms with Crippen molar-refractivity contribution in [2.75, 3.05) is 19.6 Å². The van der Waals surface area contributed by atoms with Gasteiger partial charge in [0.1, 0.15) is 0 Å². The van der Waals surface area contributed by atoms with E-state index in [9.17, 15) is 0 Å². The fourth-order valence-corrected chi connectivity index (χ4v) is 4.68. The fourth-order valence-electron chi connectivity index (χ4n) is 4.68. The van der Waals surface area contributed by atoms with Gasteiger partial charge < -0.3 is 5.32 Å². The first kappa shape index (κ1) is 15.8. The molecule has 2 saturated carbocycles. The topological polar surface area (TPSA) is 15.3 Å². The lowest BCUT2D eigenvalue weighted by molar-refractivity contribution is 0.0738. The van der Waals surface area contributed by atoms with Crippen LogP contribution in [0.4, 0.5) is 0 Å². The van der Waals surface area contributed by atoms with Crippen LogP contribution >= 0.6 is 0 Å². The smallest absolute Gasteiger partial charge is 0.00928 e. The Bertz CT molecular complexity index is 305. The zero-order chi connectivity index (χ0) is 14.5. The van der Waals surface area contributed by atoms with E-state index in [1.807, 2.05) is 0 Å². The van der Waals surface area contributed by atoms with Crippen molar-refractivity contribution in [3.05, 3.63) is 0 Å². The molecule has 1 atom stereocenters. The maximum atomic E-state index is 3.88. The predicted molar refractivity (Wildman–Crippen MR) is 90.7 cm³/mol. The molecular formula is C19H36N2. The molecule has 0 spiro atoms. The second-order valence-corrected chi connectivity index (χ2v) is 8.10. The Morgan fingerprint density at radius 1 is 0.952 bits per heavy atom. The van der Waals surface area contributed by atoms with Crippen molar-refractivity contribution in [1.82, 2.24) is 10.2 Å². The monoisotopic (exact) mass is 292 g/mol. The number of nitrogens with zero attached hydrogens (tertiary/aromatic N) is 1. The average Bonchev–Trinajstić information content (AvgIpc) is 3.34. The minimum absolute atomic E-state index is 0.596. The lowest BCUT2D eigenvalue weighted by Gasteiger charge is -2.43. The molecule has 0 aromatic carbocycles. The SMILES string of the molecule is CCC1CCCCCN1CC1(CNC2CC2)CCCCC1. The number of hydrogen-bond acceptors (Lipinski definition) is 2. The van der Waals surface area contributed by atoms with Crippen molar-refractivity contribution >= 4 is 0 Å². The minimum atomic E-state index is 0.596. The van der Waals surface area contributed by atoms with Gasteiger partial charge in [-0.1, -0.05) is 39.0 Å². The van der Waals surface area contributed by atoms with E-state index in [1.165, 1.54) is 96.7 Å². The van der Waals surface area contributed by atoms with Crippen molar-refractivity contribution in [2.45, 2.75) is 96.1 Å². The third-order valence-electron chi connectivity index (χ3n) is 6.27. The van der Waals surface area contributed by atoms with Crippen molar-refractivity contribution in [1.29, 1.82) is 0 Å². The van der Waals surface area contributed by atoms with Gasteiger partial charge in [-0.2, -0.15) is 0 Å². The van der Waals surface area contributed by atoms with E-state index in [0.717, 1.165) is 12.1 Å². The summed E-state index contributed by atoms with van der Waals surface area (Å²) in [6.45, 7) is 6.44. The molecule has 0 aromatic rings. The van der Waals surface area contributed by atoms with E-state index >= 15 is 0 Å².